The van der Waals surface area contributed by atoms with Gasteiger partial charge in [0.25, 0.3) is 0 Å². The number of benzene rings is 1. The highest BCUT2D eigenvalue weighted by Crippen LogP contribution is 2.23. The number of hydrogen-bond donors (Lipinski definition) is 1. The molecular formula is C22H31FN2O3S. The zero-order chi connectivity index (χ0) is 21.3. The lowest BCUT2D eigenvalue weighted by Gasteiger charge is -2.21. The summed E-state index contributed by atoms with van der Waals surface area (Å²) in [6.45, 7) is 6.85. The van der Waals surface area contributed by atoms with Crippen molar-refractivity contribution in [2.45, 2.75) is 63.5 Å². The molecule has 0 saturated carbocycles. The van der Waals surface area contributed by atoms with E-state index in [-0.39, 0.29) is 12.5 Å². The van der Waals surface area contributed by atoms with Gasteiger partial charge >= 0.3 is 6.09 Å². The molecule has 2 amide bonds. The van der Waals surface area contributed by atoms with Gasteiger partial charge in [-0.3, -0.25) is 4.79 Å². The third-order valence-electron chi connectivity index (χ3n) is 4.38. The smallest absolute Gasteiger partial charge is 0.407 e. The van der Waals surface area contributed by atoms with E-state index >= 15 is 0 Å². The van der Waals surface area contributed by atoms with Gasteiger partial charge in [-0.05, 0) is 56.9 Å². The molecule has 1 saturated heterocycles. The molecule has 1 aliphatic rings. The number of carbonyl (C=O) groups is 2. The Kier molecular flexibility index (Phi) is 9.01. The van der Waals surface area contributed by atoms with E-state index in [0.29, 0.717) is 30.6 Å². The molecule has 1 aromatic carbocycles. The Morgan fingerprint density at radius 1 is 1.31 bits per heavy atom. The molecule has 160 valence electrons. The lowest BCUT2D eigenvalue weighted by molar-refractivity contribution is -0.131. The van der Waals surface area contributed by atoms with Gasteiger partial charge < -0.3 is 15.0 Å². The van der Waals surface area contributed by atoms with Gasteiger partial charge in [0.2, 0.25) is 5.91 Å². The Labute approximate surface area is 177 Å². The maximum absolute atomic E-state index is 13.2. The number of carbonyl (C=O) groups excluding carboxylic acids is 2. The van der Waals surface area contributed by atoms with Gasteiger partial charge in [-0.25, -0.2) is 9.18 Å². The topological polar surface area (TPSA) is 58.6 Å². The number of thioether (sulfide) groups is 1. The van der Waals surface area contributed by atoms with Crippen molar-refractivity contribution in [2.75, 3.05) is 18.8 Å². The fourth-order valence-electron chi connectivity index (χ4n) is 2.96. The molecule has 0 bridgehead atoms. The number of hydrogen-bond acceptors (Lipinski definition) is 4. The Hall–Kier alpha value is -2.02. The van der Waals surface area contributed by atoms with Crippen LogP contribution >= 0.6 is 11.8 Å². The van der Waals surface area contributed by atoms with Crippen molar-refractivity contribution in [1.82, 2.24) is 10.2 Å². The minimum absolute atomic E-state index is 0.0976. The van der Waals surface area contributed by atoms with Gasteiger partial charge in [0.15, 0.2) is 0 Å². The number of alkyl carbamates (subject to hydrolysis) is 1. The Balaban J connectivity index is 1.85. The third-order valence-corrected chi connectivity index (χ3v) is 5.48. The van der Waals surface area contributed by atoms with Crippen LogP contribution in [0.3, 0.4) is 0 Å². The lowest BCUT2D eigenvalue weighted by Crippen LogP contribution is -2.33. The molecule has 1 N–H and O–H groups in total. The summed E-state index contributed by atoms with van der Waals surface area (Å²) in [7, 11) is 0. The van der Waals surface area contributed by atoms with E-state index in [1.54, 1.807) is 20.8 Å². The van der Waals surface area contributed by atoms with E-state index < -0.39 is 11.7 Å². The lowest BCUT2D eigenvalue weighted by atomic mass is 10.2. The summed E-state index contributed by atoms with van der Waals surface area (Å²) in [5.41, 5.74) is 0.949. The minimum atomic E-state index is -0.590. The summed E-state index contributed by atoms with van der Waals surface area (Å²) in [4.78, 5) is 26.8. The molecule has 5 nitrogen and oxygen atoms in total. The van der Waals surface area contributed by atoms with Crippen molar-refractivity contribution < 1.29 is 18.7 Å². The Bertz CT molecular complexity index is 731. The number of rotatable bonds is 7. The van der Waals surface area contributed by atoms with E-state index in [4.69, 9.17) is 4.74 Å². The second-order valence-electron chi connectivity index (χ2n) is 8.18. The van der Waals surface area contributed by atoms with Crippen LogP contribution in [0, 0.1) is 0 Å². The van der Waals surface area contributed by atoms with Gasteiger partial charge in [0.1, 0.15) is 5.60 Å². The number of halogens is 1. The van der Waals surface area contributed by atoms with Crippen LogP contribution in [0.5, 0.6) is 0 Å². The molecule has 0 aliphatic carbocycles. The molecule has 7 heteroatoms. The maximum atomic E-state index is 13.2. The summed E-state index contributed by atoms with van der Waals surface area (Å²) < 4.78 is 18.4. The molecule has 29 heavy (non-hydrogen) atoms. The van der Waals surface area contributed by atoms with E-state index in [1.807, 2.05) is 29.2 Å². The number of nitrogens with one attached hydrogen (secondary N) is 1. The fraction of sp³-hybridized carbons (Fsp3) is 0.545. The van der Waals surface area contributed by atoms with E-state index in [1.165, 1.54) is 11.8 Å². The van der Waals surface area contributed by atoms with E-state index in [0.717, 1.165) is 36.3 Å². The highest BCUT2D eigenvalue weighted by atomic mass is 32.2. The molecule has 1 fully saturated rings. The van der Waals surface area contributed by atoms with Gasteiger partial charge in [0, 0.05) is 36.7 Å². The van der Waals surface area contributed by atoms with Crippen molar-refractivity contribution in [3.05, 3.63) is 41.7 Å². The van der Waals surface area contributed by atoms with Crippen LogP contribution < -0.4 is 5.32 Å². The number of ether oxygens (including phenoxy) is 1. The van der Waals surface area contributed by atoms with Crippen LogP contribution in [0.2, 0.25) is 0 Å². The van der Waals surface area contributed by atoms with Crippen molar-refractivity contribution in [2.24, 2.45) is 0 Å². The first-order valence-electron chi connectivity index (χ1n) is 10.0. The van der Waals surface area contributed by atoms with Crippen LogP contribution in [0.4, 0.5) is 9.18 Å². The maximum Gasteiger partial charge on any atom is 0.407 e. The van der Waals surface area contributed by atoms with Crippen molar-refractivity contribution in [3.8, 4) is 0 Å². The van der Waals surface area contributed by atoms with Crippen molar-refractivity contribution >= 4 is 23.8 Å². The number of likely N-dealkylation sites (tertiary alicyclic amines) is 1. The van der Waals surface area contributed by atoms with Crippen LogP contribution in [-0.4, -0.2) is 41.3 Å². The molecule has 1 aromatic rings. The molecule has 0 unspecified atom stereocenters. The first-order chi connectivity index (χ1) is 13.8. The van der Waals surface area contributed by atoms with Crippen LogP contribution in [0.25, 0.3) is 0 Å². The zero-order valence-corrected chi connectivity index (χ0v) is 18.3. The molecule has 1 heterocycles. The van der Waals surface area contributed by atoms with Crippen LogP contribution in [0.15, 0.2) is 41.1 Å². The summed E-state index contributed by atoms with van der Waals surface area (Å²) in [6.07, 6.45) is 3.73. The first-order valence-corrected chi connectivity index (χ1v) is 11.0. The molecule has 0 radical (unpaired) electrons. The molecule has 2 rings (SSSR count). The van der Waals surface area contributed by atoms with E-state index in [2.05, 4.69) is 5.32 Å². The van der Waals surface area contributed by atoms with Gasteiger partial charge in [-0.2, -0.15) is 0 Å². The quantitative estimate of drug-likeness (QED) is 0.624. The van der Waals surface area contributed by atoms with Crippen LogP contribution in [0.1, 0.15) is 52.0 Å². The minimum Gasteiger partial charge on any atom is -0.444 e. The first kappa shape index (κ1) is 23.3. The third kappa shape index (κ3) is 8.90. The summed E-state index contributed by atoms with van der Waals surface area (Å²) in [5.74, 6) is 0.634. The van der Waals surface area contributed by atoms with E-state index in [9.17, 15) is 14.0 Å². The monoisotopic (exact) mass is 422 g/mol. The van der Waals surface area contributed by atoms with Gasteiger partial charge in [-0.15, -0.1) is 11.8 Å². The summed E-state index contributed by atoms with van der Waals surface area (Å²) >= 11 is 1.50. The summed E-state index contributed by atoms with van der Waals surface area (Å²) in [5, 5.41) is 2.58. The van der Waals surface area contributed by atoms with Crippen molar-refractivity contribution in [3.63, 3.8) is 0 Å². The molecule has 0 spiro atoms. The predicted octanol–water partition coefficient (Wildman–Crippen LogP) is 5.06. The zero-order valence-electron chi connectivity index (χ0n) is 17.5. The fourth-order valence-corrected chi connectivity index (χ4v) is 3.88. The normalized spacial score (nSPS) is 15.8. The number of nitrogens with zero attached hydrogens (tertiary/aromatic N) is 1. The SMILES string of the molecule is CC(C)(C)OC(=O)NC/C(=C\F)CSc1cccc(CN2CCCCCC2=O)c1. The molecule has 1 aliphatic heterocycles. The predicted molar refractivity (Wildman–Crippen MR) is 114 cm³/mol. The average molecular weight is 423 g/mol. The van der Waals surface area contributed by atoms with Gasteiger partial charge in [0.05, 0.1) is 6.33 Å². The largest absolute Gasteiger partial charge is 0.444 e. The Morgan fingerprint density at radius 2 is 2.10 bits per heavy atom. The number of amides is 2. The molecule has 0 aromatic heterocycles. The molecule has 0 atom stereocenters. The Morgan fingerprint density at radius 3 is 2.83 bits per heavy atom. The summed E-state index contributed by atoms with van der Waals surface area (Å²) in [6, 6.07) is 7.98. The second-order valence-corrected chi connectivity index (χ2v) is 9.23. The second kappa shape index (κ2) is 11.2. The van der Waals surface area contributed by atoms with Gasteiger partial charge in [-0.1, -0.05) is 18.6 Å². The van der Waals surface area contributed by atoms with Crippen LogP contribution in [-0.2, 0) is 16.1 Å². The highest BCUT2D eigenvalue weighted by Gasteiger charge is 2.17. The molecular weight excluding hydrogens is 391 g/mol. The highest BCUT2D eigenvalue weighted by molar-refractivity contribution is 7.99. The average Bonchev–Trinajstić information content (AvgIpc) is 2.85. The van der Waals surface area contributed by atoms with Crippen molar-refractivity contribution in [1.29, 1.82) is 0 Å². The standard InChI is InChI=1S/C22H31FN2O3S/c1-22(2,3)28-21(27)24-14-18(13-23)16-29-19-9-7-8-17(12-19)15-25-11-6-4-5-10-20(25)26/h7-9,12-13H,4-6,10-11,14-16H2,1-3H3,(H,24,27)/b18-13+.